The molecule has 0 aromatic carbocycles. The van der Waals surface area contributed by atoms with E-state index in [1.54, 1.807) is 6.92 Å². The van der Waals surface area contributed by atoms with E-state index in [-0.39, 0.29) is 18.2 Å². The minimum Gasteiger partial charge on any atom is -0.273 e. The molecule has 8 nitrogen and oxygen atoms in total. The maximum absolute atomic E-state index is 11.6. The number of nitrogens with one attached hydrogen (secondary N) is 4. The second kappa shape index (κ2) is 16.4. The fraction of sp³-hybridized carbons (Fsp3) is 0.778. The van der Waals surface area contributed by atoms with Crippen LogP contribution in [0.15, 0.2) is 0 Å². The van der Waals surface area contributed by atoms with Crippen LogP contribution in [0.5, 0.6) is 0 Å². The Morgan fingerprint density at radius 2 is 0.962 bits per heavy atom. The van der Waals surface area contributed by atoms with Crippen molar-refractivity contribution in [1.29, 1.82) is 0 Å². The summed E-state index contributed by atoms with van der Waals surface area (Å²) in [4.78, 5) is 45.4. The second-order valence-electron chi connectivity index (χ2n) is 6.30. The number of hydrogen-bond donors (Lipinski definition) is 4. The molecule has 4 N–H and O–H groups in total. The molecule has 4 amide bonds. The minimum absolute atomic E-state index is 0.224. The molecule has 8 heteroatoms. The SMILES string of the molecule is CCCCCCCCCCCC(=O)NNC(=O)CC(=O)NNC(=O)CC. The summed E-state index contributed by atoms with van der Waals surface area (Å²) < 4.78 is 0. The predicted octanol–water partition coefficient (Wildman–Crippen LogP) is 2.00. The van der Waals surface area contributed by atoms with Gasteiger partial charge >= 0.3 is 0 Å². The van der Waals surface area contributed by atoms with Crippen molar-refractivity contribution in [2.24, 2.45) is 0 Å². The standard InChI is InChI=1S/C18H34N4O4/c1-3-5-6-7-8-9-10-11-12-13-16(24)20-22-18(26)14-17(25)21-19-15(23)4-2/h3-14H2,1-2H3,(H,19,23)(H,20,24)(H,21,25)(H,22,26). The molecule has 0 aromatic heterocycles. The van der Waals surface area contributed by atoms with E-state index in [2.05, 4.69) is 28.6 Å². The summed E-state index contributed by atoms with van der Waals surface area (Å²) in [6.45, 7) is 3.84. The Balaban J connectivity index is 3.56. The molecular weight excluding hydrogens is 336 g/mol. The quantitative estimate of drug-likeness (QED) is 0.225. The van der Waals surface area contributed by atoms with Gasteiger partial charge in [0.25, 0.3) is 0 Å². The molecule has 0 aliphatic carbocycles. The number of rotatable bonds is 13. The first kappa shape index (κ1) is 23.9. The molecule has 0 unspecified atom stereocenters. The molecule has 0 saturated carbocycles. The summed E-state index contributed by atoms with van der Waals surface area (Å²) >= 11 is 0. The first-order chi connectivity index (χ1) is 12.5. The lowest BCUT2D eigenvalue weighted by molar-refractivity contribution is -0.135. The Labute approximate surface area is 156 Å². The zero-order valence-corrected chi connectivity index (χ0v) is 16.1. The van der Waals surface area contributed by atoms with Gasteiger partial charge in [-0.05, 0) is 6.42 Å². The van der Waals surface area contributed by atoms with E-state index in [0.29, 0.717) is 6.42 Å². The van der Waals surface area contributed by atoms with Gasteiger partial charge in [0.05, 0.1) is 0 Å². The fourth-order valence-electron chi connectivity index (χ4n) is 2.26. The van der Waals surface area contributed by atoms with Crippen LogP contribution in [0.2, 0.25) is 0 Å². The van der Waals surface area contributed by atoms with E-state index in [1.165, 1.54) is 38.5 Å². The molecule has 0 rings (SSSR count). The van der Waals surface area contributed by atoms with Gasteiger partial charge in [0.15, 0.2) is 0 Å². The Morgan fingerprint density at radius 3 is 1.46 bits per heavy atom. The van der Waals surface area contributed by atoms with Gasteiger partial charge in [-0.2, -0.15) is 0 Å². The highest BCUT2D eigenvalue weighted by atomic mass is 16.2. The Morgan fingerprint density at radius 1 is 0.538 bits per heavy atom. The number of hydrazine groups is 2. The molecule has 26 heavy (non-hydrogen) atoms. The zero-order valence-electron chi connectivity index (χ0n) is 16.1. The third-order valence-corrected chi connectivity index (χ3v) is 3.83. The van der Waals surface area contributed by atoms with Gasteiger partial charge in [-0.1, -0.05) is 65.2 Å². The summed E-state index contributed by atoms with van der Waals surface area (Å²) in [5.41, 5.74) is 8.73. The molecule has 0 bridgehead atoms. The summed E-state index contributed by atoms with van der Waals surface area (Å²) in [6.07, 6.45) is 10.6. The normalized spacial score (nSPS) is 10.1. The molecule has 150 valence electrons. The maximum Gasteiger partial charge on any atom is 0.247 e. The Hall–Kier alpha value is -2.12. The number of carbonyl (C=O) groups is 4. The molecule has 0 aliphatic heterocycles. The van der Waals surface area contributed by atoms with Crippen LogP contribution < -0.4 is 21.7 Å². The summed E-state index contributed by atoms with van der Waals surface area (Å²) in [5.74, 6) is -1.93. The van der Waals surface area contributed by atoms with Crippen LogP contribution in [0.1, 0.15) is 90.9 Å². The van der Waals surface area contributed by atoms with E-state index >= 15 is 0 Å². The highest BCUT2D eigenvalue weighted by Gasteiger charge is 2.10. The van der Waals surface area contributed by atoms with Gasteiger partial charge in [0, 0.05) is 12.8 Å². The number of carbonyl (C=O) groups excluding carboxylic acids is 4. The van der Waals surface area contributed by atoms with Crippen molar-refractivity contribution in [2.45, 2.75) is 90.9 Å². The van der Waals surface area contributed by atoms with Gasteiger partial charge in [-0.15, -0.1) is 0 Å². The third-order valence-electron chi connectivity index (χ3n) is 3.83. The molecule has 0 heterocycles. The van der Waals surface area contributed by atoms with Crippen molar-refractivity contribution in [1.82, 2.24) is 21.7 Å². The molecule has 0 radical (unpaired) electrons. The van der Waals surface area contributed by atoms with Gasteiger partial charge in [-0.3, -0.25) is 40.9 Å². The first-order valence-electron chi connectivity index (χ1n) is 9.64. The molecule has 0 aromatic rings. The van der Waals surface area contributed by atoms with Crippen LogP contribution in [-0.2, 0) is 19.2 Å². The summed E-state index contributed by atoms with van der Waals surface area (Å²) in [7, 11) is 0. The van der Waals surface area contributed by atoms with Crippen LogP contribution >= 0.6 is 0 Å². The van der Waals surface area contributed by atoms with Crippen molar-refractivity contribution in [3.63, 3.8) is 0 Å². The van der Waals surface area contributed by atoms with E-state index in [4.69, 9.17) is 0 Å². The fourth-order valence-corrected chi connectivity index (χ4v) is 2.26. The van der Waals surface area contributed by atoms with Crippen LogP contribution in [0.4, 0.5) is 0 Å². The Kier molecular flexibility index (Phi) is 15.0. The van der Waals surface area contributed by atoms with E-state index < -0.39 is 18.2 Å². The number of unbranched alkanes of at least 4 members (excludes halogenated alkanes) is 8. The summed E-state index contributed by atoms with van der Waals surface area (Å²) in [5, 5.41) is 0. The van der Waals surface area contributed by atoms with Crippen molar-refractivity contribution < 1.29 is 19.2 Å². The third kappa shape index (κ3) is 15.4. The van der Waals surface area contributed by atoms with Crippen LogP contribution in [-0.4, -0.2) is 23.6 Å². The number of amides is 4. The lowest BCUT2D eigenvalue weighted by atomic mass is 10.1. The molecule has 0 spiro atoms. The van der Waals surface area contributed by atoms with Gasteiger partial charge in [0.1, 0.15) is 6.42 Å². The average molecular weight is 370 g/mol. The topological polar surface area (TPSA) is 116 Å². The largest absolute Gasteiger partial charge is 0.273 e. The second-order valence-corrected chi connectivity index (χ2v) is 6.30. The van der Waals surface area contributed by atoms with Crippen LogP contribution in [0, 0.1) is 0 Å². The average Bonchev–Trinajstić information content (AvgIpc) is 2.63. The van der Waals surface area contributed by atoms with E-state index in [9.17, 15) is 19.2 Å². The van der Waals surface area contributed by atoms with Crippen molar-refractivity contribution in [2.75, 3.05) is 0 Å². The summed E-state index contributed by atoms with van der Waals surface area (Å²) in [6, 6.07) is 0. The predicted molar refractivity (Wildman–Crippen MR) is 99.3 cm³/mol. The molecular formula is C18H34N4O4. The smallest absolute Gasteiger partial charge is 0.247 e. The lowest BCUT2D eigenvalue weighted by Crippen LogP contribution is -2.46. The first-order valence-corrected chi connectivity index (χ1v) is 9.64. The van der Waals surface area contributed by atoms with Crippen molar-refractivity contribution in [3.05, 3.63) is 0 Å². The number of hydrogen-bond acceptors (Lipinski definition) is 4. The minimum atomic E-state index is -0.655. The van der Waals surface area contributed by atoms with Gasteiger partial charge in [0.2, 0.25) is 23.6 Å². The van der Waals surface area contributed by atoms with Gasteiger partial charge in [-0.25, -0.2) is 0 Å². The van der Waals surface area contributed by atoms with Gasteiger partial charge < -0.3 is 0 Å². The molecule has 0 fully saturated rings. The van der Waals surface area contributed by atoms with E-state index in [1.807, 2.05) is 0 Å². The van der Waals surface area contributed by atoms with Crippen LogP contribution in [0.3, 0.4) is 0 Å². The van der Waals surface area contributed by atoms with Crippen molar-refractivity contribution >= 4 is 23.6 Å². The van der Waals surface area contributed by atoms with Crippen LogP contribution in [0.25, 0.3) is 0 Å². The molecule has 0 saturated heterocycles. The Bertz CT molecular complexity index is 441. The monoisotopic (exact) mass is 370 g/mol. The zero-order chi connectivity index (χ0) is 19.6. The molecule has 0 atom stereocenters. The molecule has 0 aliphatic rings. The highest BCUT2D eigenvalue weighted by Crippen LogP contribution is 2.10. The lowest BCUT2D eigenvalue weighted by Gasteiger charge is -2.08. The highest BCUT2D eigenvalue weighted by molar-refractivity contribution is 5.98. The van der Waals surface area contributed by atoms with Crippen molar-refractivity contribution in [3.8, 4) is 0 Å². The maximum atomic E-state index is 11.6. The van der Waals surface area contributed by atoms with E-state index in [0.717, 1.165) is 19.3 Å².